The van der Waals surface area contributed by atoms with Gasteiger partial charge in [-0.05, 0) is 21.6 Å². The maximum absolute atomic E-state index is 12.7. The van der Waals surface area contributed by atoms with E-state index in [0.717, 1.165) is 0 Å². The number of carboxylic acids is 1. The minimum atomic E-state index is -1.42. The van der Waals surface area contributed by atoms with Gasteiger partial charge < -0.3 is 15.5 Å². The average Bonchev–Trinajstić information content (AvgIpc) is 3.19. The van der Waals surface area contributed by atoms with Crippen LogP contribution >= 0.6 is 23.5 Å². The largest absolute Gasteiger partial charge is 0.477 e. The van der Waals surface area contributed by atoms with Crippen LogP contribution in [0, 0.1) is 0 Å². The van der Waals surface area contributed by atoms with Gasteiger partial charge in [0.2, 0.25) is 5.16 Å². The minimum Gasteiger partial charge on any atom is -0.477 e. The number of fused-ring (bicyclic) bond motifs is 1. The molecule has 1 aromatic carbocycles. The zero-order valence-corrected chi connectivity index (χ0v) is 17.8. The number of carbonyl (C=O) groups excluding carboxylic acids is 2. The third-order valence-electron chi connectivity index (χ3n) is 4.87. The highest BCUT2D eigenvalue weighted by molar-refractivity contribution is 8.01. The van der Waals surface area contributed by atoms with Gasteiger partial charge in [-0.3, -0.25) is 14.5 Å². The number of aliphatic hydroxyl groups excluding tert-OH is 1. The monoisotopic (exact) mass is 462 g/mol. The second-order valence-corrected chi connectivity index (χ2v) is 8.89. The molecule has 3 atom stereocenters. The average molecular weight is 463 g/mol. The van der Waals surface area contributed by atoms with Crippen molar-refractivity contribution in [2.45, 2.75) is 22.7 Å². The minimum absolute atomic E-state index is 0.0783. The number of nitrogens with zero attached hydrogens (tertiary/aromatic N) is 5. The molecule has 0 saturated carbocycles. The summed E-state index contributed by atoms with van der Waals surface area (Å²) in [5.74, 6) is -1.75. The first-order chi connectivity index (χ1) is 14.9. The molecule has 0 spiro atoms. The molecule has 3 N–H and O–H groups in total. The normalized spacial score (nSPS) is 21.4. The number of thioether (sulfide) groups is 2. The Labute approximate surface area is 184 Å². The van der Waals surface area contributed by atoms with Gasteiger partial charge in [0, 0.05) is 18.6 Å². The Morgan fingerprint density at radius 1 is 1.35 bits per heavy atom. The summed E-state index contributed by atoms with van der Waals surface area (Å²) >= 11 is 2.64. The van der Waals surface area contributed by atoms with E-state index in [-0.39, 0.29) is 5.70 Å². The first kappa shape index (κ1) is 21.3. The van der Waals surface area contributed by atoms with Crippen molar-refractivity contribution in [3.63, 3.8) is 0 Å². The van der Waals surface area contributed by atoms with Crippen molar-refractivity contribution in [3.05, 3.63) is 47.2 Å². The number of amides is 2. The molecule has 0 bridgehead atoms. The second-order valence-electron chi connectivity index (χ2n) is 6.84. The zero-order chi connectivity index (χ0) is 22.1. The molecule has 0 aliphatic carbocycles. The molecule has 13 heteroatoms. The summed E-state index contributed by atoms with van der Waals surface area (Å²) in [4.78, 5) is 38.2. The fourth-order valence-electron chi connectivity index (χ4n) is 3.31. The quantitative estimate of drug-likeness (QED) is 0.372. The molecular formula is C18H18N6O5S2. The lowest BCUT2D eigenvalue weighted by Gasteiger charge is -2.49. The van der Waals surface area contributed by atoms with Crippen LogP contribution in [0.15, 0.2) is 46.8 Å². The number of carboxylic acid groups (broad SMARTS) is 1. The third kappa shape index (κ3) is 4.03. The molecule has 1 fully saturated rings. The van der Waals surface area contributed by atoms with Crippen LogP contribution in [0.4, 0.5) is 0 Å². The lowest BCUT2D eigenvalue weighted by molar-refractivity contribution is -0.151. The Kier molecular flexibility index (Phi) is 5.98. The Bertz CT molecular complexity index is 1060. The maximum atomic E-state index is 12.7. The summed E-state index contributed by atoms with van der Waals surface area (Å²) in [7, 11) is 1.68. The van der Waals surface area contributed by atoms with Gasteiger partial charge in [-0.25, -0.2) is 9.48 Å². The predicted molar refractivity (Wildman–Crippen MR) is 111 cm³/mol. The molecule has 2 aliphatic heterocycles. The number of aliphatic hydroxyl groups is 1. The topological polar surface area (TPSA) is 151 Å². The Morgan fingerprint density at radius 2 is 2.10 bits per heavy atom. The van der Waals surface area contributed by atoms with Gasteiger partial charge in [0.1, 0.15) is 17.1 Å². The first-order valence-electron chi connectivity index (χ1n) is 9.17. The summed E-state index contributed by atoms with van der Waals surface area (Å²) in [5.41, 5.74) is 0.901. The number of aryl methyl sites for hydroxylation is 1. The summed E-state index contributed by atoms with van der Waals surface area (Å²) in [6, 6.07) is 7.46. The van der Waals surface area contributed by atoms with Crippen LogP contribution in [0.1, 0.15) is 11.7 Å². The van der Waals surface area contributed by atoms with Gasteiger partial charge in [-0.1, -0.05) is 42.1 Å². The van der Waals surface area contributed by atoms with Crippen molar-refractivity contribution in [1.82, 2.24) is 30.4 Å². The number of tetrazole rings is 1. The van der Waals surface area contributed by atoms with Gasteiger partial charge in [0.05, 0.1) is 0 Å². The maximum Gasteiger partial charge on any atom is 0.352 e. The lowest BCUT2D eigenvalue weighted by Crippen LogP contribution is -2.70. The van der Waals surface area contributed by atoms with Crippen LogP contribution in [0.3, 0.4) is 0 Å². The van der Waals surface area contributed by atoms with Gasteiger partial charge in [-0.2, -0.15) is 0 Å². The predicted octanol–water partition coefficient (Wildman–Crippen LogP) is -0.226. The van der Waals surface area contributed by atoms with E-state index in [0.29, 0.717) is 27.8 Å². The number of rotatable bonds is 7. The molecule has 2 aliphatic rings. The Hall–Kier alpha value is -2.90. The molecule has 1 saturated heterocycles. The lowest BCUT2D eigenvalue weighted by atomic mass is 10.0. The number of hydrogen-bond donors (Lipinski definition) is 3. The van der Waals surface area contributed by atoms with E-state index in [9.17, 15) is 24.6 Å². The highest BCUT2D eigenvalue weighted by atomic mass is 32.2. The van der Waals surface area contributed by atoms with Gasteiger partial charge in [0.25, 0.3) is 11.8 Å². The van der Waals surface area contributed by atoms with Crippen molar-refractivity contribution < 1.29 is 24.6 Å². The zero-order valence-electron chi connectivity index (χ0n) is 16.2. The number of benzene rings is 1. The highest BCUT2D eigenvalue weighted by Crippen LogP contribution is 2.41. The molecule has 11 nitrogen and oxygen atoms in total. The van der Waals surface area contributed by atoms with Crippen molar-refractivity contribution in [2.24, 2.45) is 7.05 Å². The van der Waals surface area contributed by atoms with Crippen LogP contribution in [0.5, 0.6) is 0 Å². The number of carbonyl (C=O) groups is 3. The molecule has 2 amide bonds. The van der Waals surface area contributed by atoms with E-state index >= 15 is 0 Å². The third-order valence-corrected chi connectivity index (χ3v) is 7.30. The molecule has 1 unspecified atom stereocenters. The van der Waals surface area contributed by atoms with E-state index in [2.05, 4.69) is 20.8 Å². The SMILES string of the molecule is Cn1nnnc1SCC1=C(C(=O)O)N2C(=O)C(NC(=O)[C@H](O)c3ccccc3)[C@H]2SC1. The van der Waals surface area contributed by atoms with Crippen LogP contribution in [-0.4, -0.2) is 76.0 Å². The smallest absolute Gasteiger partial charge is 0.352 e. The van der Waals surface area contributed by atoms with Crippen LogP contribution < -0.4 is 5.32 Å². The molecule has 3 heterocycles. The number of aromatic nitrogens is 4. The number of nitrogens with one attached hydrogen (secondary N) is 1. The van der Waals surface area contributed by atoms with Crippen molar-refractivity contribution in [2.75, 3.05) is 11.5 Å². The summed E-state index contributed by atoms with van der Waals surface area (Å²) < 4.78 is 1.48. The summed E-state index contributed by atoms with van der Waals surface area (Å²) in [5, 5.41) is 33.6. The Balaban J connectivity index is 1.46. The molecule has 0 radical (unpaired) electrons. The Morgan fingerprint density at radius 3 is 2.74 bits per heavy atom. The van der Waals surface area contributed by atoms with E-state index in [1.54, 1.807) is 37.4 Å². The fraction of sp³-hybridized carbons (Fsp3) is 0.333. The second kappa shape index (κ2) is 8.69. The van der Waals surface area contributed by atoms with Crippen LogP contribution in [0.25, 0.3) is 0 Å². The molecule has 31 heavy (non-hydrogen) atoms. The van der Waals surface area contributed by atoms with Crippen molar-refractivity contribution in [1.29, 1.82) is 0 Å². The standard InChI is InChI=1S/C18H18N6O5S2/c1-23-18(20-21-22-23)31-8-10-7-30-16-11(15(27)24(16)12(10)17(28)29)19-14(26)13(25)9-5-3-2-4-6-9/h2-6,11,13,16,25H,7-8H2,1H3,(H,19,26)(H,28,29)/t11?,13-,16-/m1/s1. The molecule has 162 valence electrons. The molecule has 2 aromatic rings. The van der Waals surface area contributed by atoms with Crippen molar-refractivity contribution >= 4 is 41.3 Å². The molecule has 1 aromatic heterocycles. The van der Waals surface area contributed by atoms with Gasteiger partial charge in [-0.15, -0.1) is 16.9 Å². The van der Waals surface area contributed by atoms with Crippen LogP contribution in [0.2, 0.25) is 0 Å². The van der Waals surface area contributed by atoms with Gasteiger partial charge in [0.15, 0.2) is 6.10 Å². The van der Waals surface area contributed by atoms with E-state index in [1.165, 1.54) is 33.1 Å². The van der Waals surface area contributed by atoms with E-state index < -0.39 is 35.3 Å². The van der Waals surface area contributed by atoms with Crippen LogP contribution in [-0.2, 0) is 21.4 Å². The first-order valence-corrected chi connectivity index (χ1v) is 11.2. The van der Waals surface area contributed by atoms with E-state index in [1.807, 2.05) is 0 Å². The number of hydrogen-bond acceptors (Lipinski definition) is 9. The number of β-lactam (4-membered cyclic amide) rings is 1. The molecule has 4 rings (SSSR count). The summed E-state index contributed by atoms with van der Waals surface area (Å²) in [6.07, 6.45) is -1.42. The highest BCUT2D eigenvalue weighted by Gasteiger charge is 2.54. The molecular weight excluding hydrogens is 444 g/mol. The van der Waals surface area contributed by atoms with E-state index in [4.69, 9.17) is 0 Å². The van der Waals surface area contributed by atoms with Gasteiger partial charge >= 0.3 is 5.97 Å². The summed E-state index contributed by atoms with van der Waals surface area (Å²) in [6.45, 7) is 0. The fourth-order valence-corrected chi connectivity index (χ4v) is 5.64. The van der Waals surface area contributed by atoms with Crippen molar-refractivity contribution in [3.8, 4) is 0 Å². The number of aliphatic carboxylic acids is 1.